The van der Waals surface area contributed by atoms with Crippen molar-refractivity contribution >= 4 is 11.6 Å². The van der Waals surface area contributed by atoms with E-state index < -0.39 is 0 Å². The summed E-state index contributed by atoms with van der Waals surface area (Å²) in [4.78, 5) is 24.9. The second-order valence-electron chi connectivity index (χ2n) is 5.99. The maximum atomic E-state index is 12.6. The molecule has 1 aliphatic rings. The molecule has 0 aliphatic heterocycles. The van der Waals surface area contributed by atoms with Crippen LogP contribution in [0.15, 0.2) is 40.3 Å². The van der Waals surface area contributed by atoms with Crippen LogP contribution in [0.1, 0.15) is 57.6 Å². The average Bonchev–Trinajstić information content (AvgIpc) is 2.91. The summed E-state index contributed by atoms with van der Waals surface area (Å²) in [7, 11) is 1.62. The lowest BCUT2D eigenvalue weighted by molar-refractivity contribution is 0.0963. The molecule has 0 saturated heterocycles. The van der Waals surface area contributed by atoms with Crippen LogP contribution in [0.5, 0.6) is 5.75 Å². The third kappa shape index (κ3) is 2.80. The van der Waals surface area contributed by atoms with Gasteiger partial charge in [0, 0.05) is 17.6 Å². The predicted octanol–water partition coefficient (Wildman–Crippen LogP) is 4.29. The van der Waals surface area contributed by atoms with Crippen LogP contribution in [-0.2, 0) is 6.42 Å². The molecule has 1 aromatic heterocycles. The molecule has 2 aromatic rings. The number of hydrogen-bond acceptors (Lipinski definition) is 4. The first-order chi connectivity index (χ1) is 11.5. The minimum Gasteiger partial charge on any atom is -0.497 e. The summed E-state index contributed by atoms with van der Waals surface area (Å²) in [6.07, 6.45) is 3.40. The molecule has 0 radical (unpaired) electrons. The molecule has 3 rings (SSSR count). The van der Waals surface area contributed by atoms with E-state index in [4.69, 9.17) is 9.15 Å². The minimum absolute atomic E-state index is 0.0753. The van der Waals surface area contributed by atoms with Crippen LogP contribution < -0.4 is 4.74 Å². The zero-order valence-corrected chi connectivity index (χ0v) is 14.1. The van der Waals surface area contributed by atoms with Crippen molar-refractivity contribution in [3.63, 3.8) is 0 Å². The van der Waals surface area contributed by atoms with E-state index in [1.165, 1.54) is 6.08 Å². The molecule has 24 heavy (non-hydrogen) atoms. The monoisotopic (exact) mass is 324 g/mol. The molecular formula is C20H20O4. The summed E-state index contributed by atoms with van der Waals surface area (Å²) in [5.41, 5.74) is 2.82. The van der Waals surface area contributed by atoms with Crippen molar-refractivity contribution < 1.29 is 18.7 Å². The van der Waals surface area contributed by atoms with Gasteiger partial charge in [0.15, 0.2) is 11.5 Å². The molecular weight excluding hydrogens is 304 g/mol. The first kappa shape index (κ1) is 16.2. The standard InChI is InChI=1S/C20H20O4/c1-4-5-14-11-16(21)20-18(19(14)22)12(2)17(24-20)10-13-6-8-15(23-3)9-7-13/h6-9,11H,4-5,10H2,1-3H3. The summed E-state index contributed by atoms with van der Waals surface area (Å²) in [5, 5.41) is 0. The lowest BCUT2D eigenvalue weighted by Crippen LogP contribution is -2.15. The Labute approximate surface area is 141 Å². The highest BCUT2D eigenvalue weighted by Crippen LogP contribution is 2.32. The molecule has 0 atom stereocenters. The molecule has 0 saturated carbocycles. The van der Waals surface area contributed by atoms with E-state index >= 15 is 0 Å². The number of hydrogen-bond donors (Lipinski definition) is 0. The number of carbonyl (C=O) groups is 2. The molecule has 1 aliphatic carbocycles. The Morgan fingerprint density at radius 1 is 1.12 bits per heavy atom. The topological polar surface area (TPSA) is 56.5 Å². The summed E-state index contributed by atoms with van der Waals surface area (Å²) in [6.45, 7) is 3.84. The highest BCUT2D eigenvalue weighted by molar-refractivity contribution is 6.24. The maximum Gasteiger partial charge on any atom is 0.222 e. The van der Waals surface area contributed by atoms with Crippen LogP contribution in [0.3, 0.4) is 0 Å². The third-order valence-electron chi connectivity index (χ3n) is 4.34. The second-order valence-corrected chi connectivity index (χ2v) is 5.99. The number of fused-ring (bicyclic) bond motifs is 1. The first-order valence-electron chi connectivity index (χ1n) is 8.10. The van der Waals surface area contributed by atoms with Crippen LogP contribution in [0.4, 0.5) is 0 Å². The fourth-order valence-corrected chi connectivity index (χ4v) is 3.01. The summed E-state index contributed by atoms with van der Waals surface area (Å²) in [6, 6.07) is 7.66. The van der Waals surface area contributed by atoms with E-state index in [9.17, 15) is 9.59 Å². The molecule has 124 valence electrons. The number of furan rings is 1. The average molecular weight is 324 g/mol. The van der Waals surface area contributed by atoms with Crippen LogP contribution in [0.25, 0.3) is 0 Å². The van der Waals surface area contributed by atoms with Crippen molar-refractivity contribution in [1.82, 2.24) is 0 Å². The quantitative estimate of drug-likeness (QED) is 0.823. The smallest absolute Gasteiger partial charge is 0.222 e. The van der Waals surface area contributed by atoms with Gasteiger partial charge in [-0.1, -0.05) is 25.5 Å². The van der Waals surface area contributed by atoms with E-state index in [-0.39, 0.29) is 17.3 Å². The van der Waals surface area contributed by atoms with E-state index in [0.29, 0.717) is 29.7 Å². The third-order valence-corrected chi connectivity index (χ3v) is 4.34. The van der Waals surface area contributed by atoms with Gasteiger partial charge in [-0.2, -0.15) is 0 Å². The molecule has 0 fully saturated rings. The lowest BCUT2D eigenvalue weighted by atomic mass is 9.89. The fourth-order valence-electron chi connectivity index (χ4n) is 3.01. The second kappa shape index (κ2) is 6.48. The van der Waals surface area contributed by atoms with Crippen molar-refractivity contribution in [1.29, 1.82) is 0 Å². The first-order valence-corrected chi connectivity index (χ1v) is 8.10. The Hall–Kier alpha value is -2.62. The normalized spacial score (nSPS) is 13.7. The molecule has 0 amide bonds. The molecule has 0 spiro atoms. The van der Waals surface area contributed by atoms with E-state index in [1.807, 2.05) is 38.1 Å². The Balaban J connectivity index is 1.93. The number of ether oxygens (including phenoxy) is 1. The molecule has 0 N–H and O–H groups in total. The molecule has 1 heterocycles. The van der Waals surface area contributed by atoms with Crippen molar-refractivity contribution in [2.45, 2.75) is 33.1 Å². The Bertz CT molecular complexity index is 822. The van der Waals surface area contributed by atoms with Crippen molar-refractivity contribution in [2.75, 3.05) is 7.11 Å². The van der Waals surface area contributed by atoms with Gasteiger partial charge >= 0.3 is 0 Å². The van der Waals surface area contributed by atoms with E-state index in [0.717, 1.165) is 23.3 Å². The Morgan fingerprint density at radius 2 is 1.83 bits per heavy atom. The predicted molar refractivity (Wildman–Crippen MR) is 90.9 cm³/mol. The van der Waals surface area contributed by atoms with Gasteiger partial charge in [0.25, 0.3) is 0 Å². The number of ketones is 2. The van der Waals surface area contributed by atoms with Crippen LogP contribution in [-0.4, -0.2) is 18.7 Å². The highest BCUT2D eigenvalue weighted by Gasteiger charge is 2.32. The van der Waals surface area contributed by atoms with Gasteiger partial charge in [-0.05, 0) is 37.1 Å². The number of carbonyl (C=O) groups excluding carboxylic acids is 2. The molecule has 1 aromatic carbocycles. The van der Waals surface area contributed by atoms with Gasteiger partial charge in [-0.25, -0.2) is 0 Å². The zero-order chi connectivity index (χ0) is 17.3. The maximum absolute atomic E-state index is 12.6. The SMILES string of the molecule is CCCC1=CC(=O)c2oc(Cc3ccc(OC)cc3)c(C)c2C1=O. The van der Waals surface area contributed by atoms with Gasteiger partial charge in [-0.15, -0.1) is 0 Å². The van der Waals surface area contributed by atoms with Gasteiger partial charge in [0.2, 0.25) is 5.78 Å². The van der Waals surface area contributed by atoms with Crippen LogP contribution >= 0.6 is 0 Å². The van der Waals surface area contributed by atoms with Gasteiger partial charge < -0.3 is 9.15 Å². The van der Waals surface area contributed by atoms with Gasteiger partial charge in [-0.3, -0.25) is 9.59 Å². The number of benzene rings is 1. The lowest BCUT2D eigenvalue weighted by Gasteiger charge is -2.10. The van der Waals surface area contributed by atoms with Gasteiger partial charge in [0.05, 0.1) is 12.7 Å². The van der Waals surface area contributed by atoms with Gasteiger partial charge in [0.1, 0.15) is 11.5 Å². The van der Waals surface area contributed by atoms with Crippen LogP contribution in [0.2, 0.25) is 0 Å². The fraction of sp³-hybridized carbons (Fsp3) is 0.300. The molecule has 4 nitrogen and oxygen atoms in total. The molecule has 0 unspecified atom stereocenters. The van der Waals surface area contributed by atoms with Crippen molar-refractivity contribution in [3.8, 4) is 5.75 Å². The zero-order valence-electron chi connectivity index (χ0n) is 14.1. The van der Waals surface area contributed by atoms with Crippen LogP contribution in [0, 0.1) is 6.92 Å². The largest absolute Gasteiger partial charge is 0.497 e. The summed E-state index contributed by atoms with van der Waals surface area (Å²) >= 11 is 0. The van der Waals surface area contributed by atoms with Crippen molar-refractivity contribution in [3.05, 3.63) is 64.1 Å². The van der Waals surface area contributed by atoms with E-state index in [2.05, 4.69) is 0 Å². The Morgan fingerprint density at radius 3 is 2.46 bits per heavy atom. The molecule has 0 bridgehead atoms. The number of allylic oxidation sites excluding steroid dienone is 2. The van der Waals surface area contributed by atoms with E-state index in [1.54, 1.807) is 7.11 Å². The molecule has 4 heteroatoms. The Kier molecular flexibility index (Phi) is 4.38. The number of methoxy groups -OCH3 is 1. The number of rotatable bonds is 5. The van der Waals surface area contributed by atoms with Crippen molar-refractivity contribution in [2.24, 2.45) is 0 Å². The number of Topliss-reactive ketones (excluding diaryl/α,β-unsaturated/α-hetero) is 1. The minimum atomic E-state index is -0.211. The summed E-state index contributed by atoms with van der Waals surface area (Å²) in [5.74, 6) is 1.35. The highest BCUT2D eigenvalue weighted by atomic mass is 16.5. The summed E-state index contributed by atoms with van der Waals surface area (Å²) < 4.78 is 10.9.